The summed E-state index contributed by atoms with van der Waals surface area (Å²) in [5.74, 6) is -0.429. The highest BCUT2D eigenvalue weighted by atomic mass is 79.9. The second-order valence-corrected chi connectivity index (χ2v) is 5.60. The smallest absolute Gasteiger partial charge is 0.129 e. The van der Waals surface area contributed by atoms with Crippen molar-refractivity contribution in [3.8, 4) is 0 Å². The molecule has 0 aliphatic heterocycles. The van der Waals surface area contributed by atoms with Gasteiger partial charge in [-0.15, -0.1) is 5.10 Å². The molecule has 0 amide bonds. The minimum Gasteiger partial charge on any atom is -0.383 e. The average Bonchev–Trinajstić information content (AvgIpc) is 2.80. The van der Waals surface area contributed by atoms with Gasteiger partial charge >= 0.3 is 0 Å². The molecule has 0 saturated heterocycles. The monoisotopic (exact) mass is 330 g/mol. The highest BCUT2D eigenvalue weighted by Gasteiger charge is 2.21. The summed E-state index contributed by atoms with van der Waals surface area (Å²) in [5, 5.41) is 14.2. The summed E-state index contributed by atoms with van der Waals surface area (Å²) in [5.41, 5.74) is 0.988. The van der Waals surface area contributed by atoms with Crippen molar-refractivity contribution in [3.63, 3.8) is 0 Å². The maximum absolute atomic E-state index is 13.7. The maximum Gasteiger partial charge on any atom is 0.129 e. The van der Waals surface area contributed by atoms with Crippen molar-refractivity contribution >= 4 is 27.5 Å². The van der Waals surface area contributed by atoms with E-state index < -0.39 is 11.9 Å². The van der Waals surface area contributed by atoms with E-state index in [0.29, 0.717) is 4.88 Å². The summed E-state index contributed by atoms with van der Waals surface area (Å²) >= 11 is 4.39. The normalized spacial score (nSPS) is 12.7. The van der Waals surface area contributed by atoms with Gasteiger partial charge in [-0.1, -0.05) is 33.8 Å². The topological polar surface area (TPSA) is 46.0 Å². The number of hydrogen-bond donors (Lipinski definition) is 1. The van der Waals surface area contributed by atoms with Gasteiger partial charge in [0.25, 0.3) is 0 Å². The molecule has 0 aliphatic rings. The molecule has 96 valence electrons. The SMILES string of the molecule is CCCc1nnsc1C(O)c1cc(Br)ccc1F. The molecule has 6 heteroatoms. The van der Waals surface area contributed by atoms with Gasteiger partial charge in [0.05, 0.1) is 10.6 Å². The summed E-state index contributed by atoms with van der Waals surface area (Å²) in [6, 6.07) is 4.51. The summed E-state index contributed by atoms with van der Waals surface area (Å²) in [6.07, 6.45) is 0.633. The predicted octanol–water partition coefficient (Wildman–Crippen LogP) is 3.47. The zero-order chi connectivity index (χ0) is 13.1. The van der Waals surface area contributed by atoms with Gasteiger partial charge in [-0.25, -0.2) is 4.39 Å². The van der Waals surface area contributed by atoms with Crippen LogP contribution in [0.4, 0.5) is 4.39 Å². The molecule has 3 nitrogen and oxygen atoms in total. The summed E-state index contributed by atoms with van der Waals surface area (Å²) < 4.78 is 18.3. The van der Waals surface area contributed by atoms with E-state index in [0.717, 1.165) is 34.5 Å². The molecule has 0 spiro atoms. The van der Waals surface area contributed by atoms with Gasteiger partial charge < -0.3 is 5.11 Å². The Morgan fingerprint density at radius 2 is 2.28 bits per heavy atom. The molecule has 0 fully saturated rings. The minimum atomic E-state index is -1.01. The molecule has 2 rings (SSSR count). The van der Waals surface area contributed by atoms with Crippen molar-refractivity contribution in [3.05, 3.63) is 44.6 Å². The number of benzene rings is 1. The van der Waals surface area contributed by atoms with Gasteiger partial charge in [-0.2, -0.15) is 0 Å². The molecule has 1 atom stereocenters. The van der Waals surface area contributed by atoms with E-state index in [-0.39, 0.29) is 5.56 Å². The third-order valence-electron chi connectivity index (χ3n) is 2.57. The summed E-state index contributed by atoms with van der Waals surface area (Å²) in [6.45, 7) is 2.02. The van der Waals surface area contributed by atoms with Crippen LogP contribution in [0.3, 0.4) is 0 Å². The van der Waals surface area contributed by atoms with Gasteiger partial charge in [0.15, 0.2) is 0 Å². The van der Waals surface area contributed by atoms with Gasteiger partial charge in [0, 0.05) is 10.0 Å². The zero-order valence-electron chi connectivity index (χ0n) is 9.73. The number of aliphatic hydroxyl groups is 1. The first kappa shape index (κ1) is 13.6. The molecule has 0 bridgehead atoms. The summed E-state index contributed by atoms with van der Waals surface area (Å²) in [7, 11) is 0. The molecular weight excluding hydrogens is 319 g/mol. The maximum atomic E-state index is 13.7. The number of hydrogen-bond acceptors (Lipinski definition) is 4. The lowest BCUT2D eigenvalue weighted by molar-refractivity contribution is 0.217. The van der Waals surface area contributed by atoms with Crippen LogP contribution >= 0.6 is 27.5 Å². The molecular formula is C12H12BrFN2OS. The molecule has 0 aliphatic carbocycles. The first-order valence-corrected chi connectivity index (χ1v) is 7.14. The number of halogens is 2. The number of nitrogens with zero attached hydrogens (tertiary/aromatic N) is 2. The van der Waals surface area contributed by atoms with Crippen molar-refractivity contribution in [2.45, 2.75) is 25.9 Å². The van der Waals surface area contributed by atoms with Crippen LogP contribution in [0.25, 0.3) is 0 Å². The molecule has 1 heterocycles. The van der Waals surface area contributed by atoms with Crippen molar-refractivity contribution in [1.29, 1.82) is 0 Å². The number of aromatic nitrogens is 2. The Labute approximate surface area is 117 Å². The lowest BCUT2D eigenvalue weighted by atomic mass is 10.1. The molecule has 1 aromatic carbocycles. The Morgan fingerprint density at radius 3 is 3.00 bits per heavy atom. The van der Waals surface area contributed by atoms with Crippen LogP contribution in [0.1, 0.15) is 35.6 Å². The Bertz CT molecular complexity index is 547. The third-order valence-corrected chi connectivity index (χ3v) is 3.89. The highest BCUT2D eigenvalue weighted by Crippen LogP contribution is 2.30. The Hall–Kier alpha value is -0.850. The fraction of sp³-hybridized carbons (Fsp3) is 0.333. The Kier molecular flexibility index (Phi) is 4.42. The Morgan fingerprint density at radius 1 is 1.50 bits per heavy atom. The van der Waals surface area contributed by atoms with Crippen LogP contribution in [0, 0.1) is 5.82 Å². The van der Waals surface area contributed by atoms with Crippen LogP contribution in [0.2, 0.25) is 0 Å². The van der Waals surface area contributed by atoms with E-state index in [1.54, 1.807) is 12.1 Å². The predicted molar refractivity (Wildman–Crippen MR) is 72.1 cm³/mol. The van der Waals surface area contributed by atoms with E-state index in [4.69, 9.17) is 0 Å². The first-order chi connectivity index (χ1) is 8.63. The van der Waals surface area contributed by atoms with Crippen LogP contribution < -0.4 is 0 Å². The lowest BCUT2D eigenvalue weighted by Gasteiger charge is -2.11. The third kappa shape index (κ3) is 2.76. The van der Waals surface area contributed by atoms with Gasteiger partial charge in [0.1, 0.15) is 11.9 Å². The molecule has 1 aromatic heterocycles. The van der Waals surface area contributed by atoms with Gasteiger partial charge in [-0.3, -0.25) is 0 Å². The average molecular weight is 331 g/mol. The fourth-order valence-corrected chi connectivity index (χ4v) is 2.78. The number of aryl methyl sites for hydroxylation is 1. The van der Waals surface area contributed by atoms with Crippen molar-refractivity contribution < 1.29 is 9.50 Å². The van der Waals surface area contributed by atoms with E-state index in [1.165, 1.54) is 6.07 Å². The molecule has 18 heavy (non-hydrogen) atoms. The molecule has 1 N–H and O–H groups in total. The van der Waals surface area contributed by atoms with Crippen molar-refractivity contribution in [2.24, 2.45) is 0 Å². The van der Waals surface area contributed by atoms with E-state index >= 15 is 0 Å². The Balaban J connectivity index is 2.38. The first-order valence-electron chi connectivity index (χ1n) is 5.57. The molecule has 1 unspecified atom stereocenters. The minimum absolute atomic E-state index is 0.243. The van der Waals surface area contributed by atoms with E-state index in [9.17, 15) is 9.50 Å². The zero-order valence-corrected chi connectivity index (χ0v) is 12.1. The van der Waals surface area contributed by atoms with Crippen LogP contribution in [0.5, 0.6) is 0 Å². The second kappa shape index (κ2) is 5.86. The number of aliphatic hydroxyl groups excluding tert-OH is 1. The summed E-state index contributed by atoms with van der Waals surface area (Å²) in [4.78, 5) is 0.619. The number of rotatable bonds is 4. The highest BCUT2D eigenvalue weighted by molar-refractivity contribution is 9.10. The van der Waals surface area contributed by atoms with Crippen LogP contribution in [-0.2, 0) is 6.42 Å². The molecule has 0 radical (unpaired) electrons. The van der Waals surface area contributed by atoms with E-state index in [1.807, 2.05) is 6.92 Å². The largest absolute Gasteiger partial charge is 0.383 e. The molecule has 0 saturated carbocycles. The lowest BCUT2D eigenvalue weighted by Crippen LogP contribution is -2.04. The molecule has 2 aromatic rings. The van der Waals surface area contributed by atoms with Crippen LogP contribution in [0.15, 0.2) is 22.7 Å². The van der Waals surface area contributed by atoms with Crippen molar-refractivity contribution in [1.82, 2.24) is 9.59 Å². The second-order valence-electron chi connectivity index (χ2n) is 3.90. The fourth-order valence-electron chi connectivity index (χ4n) is 1.70. The van der Waals surface area contributed by atoms with Crippen LogP contribution in [-0.4, -0.2) is 14.7 Å². The van der Waals surface area contributed by atoms with Gasteiger partial charge in [0.2, 0.25) is 0 Å². The van der Waals surface area contributed by atoms with Crippen molar-refractivity contribution in [2.75, 3.05) is 0 Å². The van der Waals surface area contributed by atoms with E-state index in [2.05, 4.69) is 25.5 Å². The van der Waals surface area contributed by atoms with Gasteiger partial charge in [-0.05, 0) is 36.2 Å². The quantitative estimate of drug-likeness (QED) is 0.933. The standard InChI is InChI=1S/C12H12BrFN2OS/c1-2-3-10-12(18-16-15-10)11(17)8-6-7(13)4-5-9(8)14/h4-6,11,17H,2-3H2,1H3.